The van der Waals surface area contributed by atoms with Crippen molar-refractivity contribution in [1.82, 2.24) is 20.1 Å². The van der Waals surface area contributed by atoms with Crippen molar-refractivity contribution in [2.75, 3.05) is 6.61 Å². The molecule has 3 rings (SSSR count). The van der Waals surface area contributed by atoms with Crippen LogP contribution in [0, 0.1) is 4.77 Å². The van der Waals surface area contributed by atoms with Crippen LogP contribution in [0.25, 0.3) is 11.4 Å². The van der Waals surface area contributed by atoms with Gasteiger partial charge in [-0.25, -0.2) is 0 Å². The van der Waals surface area contributed by atoms with Crippen molar-refractivity contribution in [3.63, 3.8) is 0 Å². The molecular formula is C19H22N4O2S2. The molecule has 0 bridgehead atoms. The molecule has 0 radical (unpaired) electrons. The highest BCUT2D eigenvalue weighted by Crippen LogP contribution is 2.22. The Balaban J connectivity index is 1.66. The van der Waals surface area contributed by atoms with E-state index in [0.29, 0.717) is 30.2 Å². The van der Waals surface area contributed by atoms with Gasteiger partial charge in [0.2, 0.25) is 5.91 Å². The first kappa shape index (κ1) is 19.3. The standard InChI is InChI=1S/C19H22N4O2S2/c1-3-25-15-8-6-14(7-9-15)18-21-22-19(26)23(18)11-10-17(24)20-13(2)16-5-4-12-27-16/h4-9,12-13H,3,10-11H2,1-2H3,(H,20,24)(H,22,26). The summed E-state index contributed by atoms with van der Waals surface area (Å²) in [6.45, 7) is 5.01. The fraction of sp³-hybridized carbons (Fsp3) is 0.316. The molecule has 0 aliphatic carbocycles. The number of ether oxygens (including phenoxy) is 1. The van der Waals surface area contributed by atoms with Crippen LogP contribution in [-0.2, 0) is 11.3 Å². The van der Waals surface area contributed by atoms with Crippen LogP contribution in [-0.4, -0.2) is 27.3 Å². The van der Waals surface area contributed by atoms with E-state index in [2.05, 4.69) is 15.5 Å². The van der Waals surface area contributed by atoms with Gasteiger partial charge in [0.25, 0.3) is 0 Å². The first-order valence-electron chi connectivity index (χ1n) is 8.79. The Labute approximate surface area is 167 Å². The number of nitrogens with one attached hydrogen (secondary N) is 2. The van der Waals surface area contributed by atoms with E-state index in [1.165, 1.54) is 0 Å². The number of aromatic amines is 1. The summed E-state index contributed by atoms with van der Waals surface area (Å²) in [7, 11) is 0. The van der Waals surface area contributed by atoms with Gasteiger partial charge in [0.15, 0.2) is 10.6 Å². The summed E-state index contributed by atoms with van der Waals surface area (Å²) in [6.07, 6.45) is 0.327. The van der Waals surface area contributed by atoms with E-state index in [-0.39, 0.29) is 11.9 Å². The molecule has 0 fully saturated rings. The summed E-state index contributed by atoms with van der Waals surface area (Å²) in [5.74, 6) is 1.50. The molecule has 0 spiro atoms. The lowest BCUT2D eigenvalue weighted by molar-refractivity contribution is -0.121. The van der Waals surface area contributed by atoms with E-state index in [0.717, 1.165) is 16.2 Å². The zero-order valence-corrected chi connectivity index (χ0v) is 16.9. The van der Waals surface area contributed by atoms with Crippen molar-refractivity contribution in [3.8, 4) is 17.1 Å². The molecule has 2 N–H and O–H groups in total. The molecule has 0 aliphatic heterocycles. The Morgan fingerprint density at radius 1 is 1.37 bits per heavy atom. The van der Waals surface area contributed by atoms with Gasteiger partial charge in [-0.3, -0.25) is 14.5 Å². The number of amides is 1. The molecule has 1 amide bonds. The molecule has 142 valence electrons. The SMILES string of the molecule is CCOc1ccc(-c2n[nH]c(=S)n2CCC(=O)NC(C)c2cccs2)cc1. The van der Waals surface area contributed by atoms with Crippen molar-refractivity contribution >= 4 is 29.5 Å². The van der Waals surface area contributed by atoms with Crippen molar-refractivity contribution < 1.29 is 9.53 Å². The molecule has 3 aromatic rings. The Kier molecular flexibility index (Phi) is 6.41. The van der Waals surface area contributed by atoms with E-state index >= 15 is 0 Å². The third-order valence-electron chi connectivity index (χ3n) is 4.09. The van der Waals surface area contributed by atoms with Gasteiger partial charge in [-0.1, -0.05) is 6.07 Å². The maximum absolute atomic E-state index is 12.3. The number of rotatable bonds is 8. The second-order valence-electron chi connectivity index (χ2n) is 6.02. The lowest BCUT2D eigenvalue weighted by Crippen LogP contribution is -2.27. The van der Waals surface area contributed by atoms with Crippen LogP contribution in [0.1, 0.15) is 31.2 Å². The smallest absolute Gasteiger partial charge is 0.222 e. The molecule has 1 aromatic carbocycles. The highest BCUT2D eigenvalue weighted by Gasteiger charge is 2.13. The zero-order chi connectivity index (χ0) is 19.2. The average molecular weight is 403 g/mol. The third-order valence-corrected chi connectivity index (χ3v) is 5.46. The van der Waals surface area contributed by atoms with Crippen LogP contribution < -0.4 is 10.1 Å². The Hall–Kier alpha value is -2.45. The highest BCUT2D eigenvalue weighted by atomic mass is 32.1. The molecule has 1 unspecified atom stereocenters. The van der Waals surface area contributed by atoms with Gasteiger partial charge < -0.3 is 10.1 Å². The fourth-order valence-corrected chi connectivity index (χ4v) is 3.71. The molecular weight excluding hydrogens is 380 g/mol. The first-order chi connectivity index (χ1) is 13.1. The molecule has 0 saturated carbocycles. The number of thiophene rings is 1. The van der Waals surface area contributed by atoms with Gasteiger partial charge in [-0.05, 0) is 61.8 Å². The first-order valence-corrected chi connectivity index (χ1v) is 10.1. The van der Waals surface area contributed by atoms with Crippen molar-refractivity contribution in [1.29, 1.82) is 0 Å². The number of carbonyl (C=O) groups is 1. The Bertz CT molecular complexity index is 930. The molecule has 6 nitrogen and oxygen atoms in total. The van der Waals surface area contributed by atoms with Gasteiger partial charge >= 0.3 is 0 Å². The molecule has 27 heavy (non-hydrogen) atoms. The quantitative estimate of drug-likeness (QED) is 0.550. The van der Waals surface area contributed by atoms with E-state index in [4.69, 9.17) is 17.0 Å². The largest absolute Gasteiger partial charge is 0.494 e. The predicted octanol–water partition coefficient (Wildman–Crippen LogP) is 4.34. The summed E-state index contributed by atoms with van der Waals surface area (Å²) < 4.78 is 7.82. The number of aromatic nitrogens is 3. The van der Waals surface area contributed by atoms with Crippen LogP contribution in [0.2, 0.25) is 0 Å². The number of H-pyrrole nitrogens is 1. The number of hydrogen-bond donors (Lipinski definition) is 2. The monoisotopic (exact) mass is 402 g/mol. The van der Waals surface area contributed by atoms with Crippen molar-refractivity contribution in [2.24, 2.45) is 0 Å². The van der Waals surface area contributed by atoms with Gasteiger partial charge in [-0.15, -0.1) is 11.3 Å². The topological polar surface area (TPSA) is 71.9 Å². The van der Waals surface area contributed by atoms with Gasteiger partial charge in [0.1, 0.15) is 5.75 Å². The maximum atomic E-state index is 12.3. The van der Waals surface area contributed by atoms with Gasteiger partial charge in [-0.2, -0.15) is 5.10 Å². The van der Waals surface area contributed by atoms with Crippen LogP contribution in [0.4, 0.5) is 0 Å². The third kappa shape index (κ3) is 4.84. The minimum atomic E-state index is -0.0170. The van der Waals surface area contributed by atoms with Crippen LogP contribution >= 0.6 is 23.6 Å². The van der Waals surface area contributed by atoms with Crippen molar-refractivity contribution in [2.45, 2.75) is 32.9 Å². The van der Waals surface area contributed by atoms with E-state index in [9.17, 15) is 4.79 Å². The Morgan fingerprint density at radius 2 is 2.15 bits per heavy atom. The molecule has 0 aliphatic rings. The lowest BCUT2D eigenvalue weighted by atomic mass is 10.2. The summed E-state index contributed by atoms with van der Waals surface area (Å²) in [4.78, 5) is 13.5. The normalized spacial score (nSPS) is 11.9. The van der Waals surface area contributed by atoms with E-state index < -0.39 is 0 Å². The number of nitrogens with zero attached hydrogens (tertiary/aromatic N) is 2. The van der Waals surface area contributed by atoms with Crippen molar-refractivity contribution in [3.05, 3.63) is 51.4 Å². The summed E-state index contributed by atoms with van der Waals surface area (Å²) in [5.41, 5.74) is 0.915. The number of hydrogen-bond acceptors (Lipinski definition) is 5. The number of benzene rings is 1. The second-order valence-corrected chi connectivity index (χ2v) is 7.38. The van der Waals surface area contributed by atoms with Crippen LogP contribution in [0.15, 0.2) is 41.8 Å². The molecule has 2 aromatic heterocycles. The molecule has 1 atom stereocenters. The number of carbonyl (C=O) groups excluding carboxylic acids is 1. The van der Waals surface area contributed by atoms with E-state index in [1.54, 1.807) is 11.3 Å². The minimum Gasteiger partial charge on any atom is -0.494 e. The second kappa shape index (κ2) is 8.96. The summed E-state index contributed by atoms with van der Waals surface area (Å²) >= 11 is 6.97. The summed E-state index contributed by atoms with van der Waals surface area (Å²) in [6, 6.07) is 11.7. The lowest BCUT2D eigenvalue weighted by Gasteiger charge is -2.13. The van der Waals surface area contributed by atoms with Gasteiger partial charge in [0.05, 0.1) is 12.6 Å². The van der Waals surface area contributed by atoms with Crippen LogP contribution in [0.3, 0.4) is 0 Å². The highest BCUT2D eigenvalue weighted by molar-refractivity contribution is 7.71. The average Bonchev–Trinajstić information content (AvgIpc) is 3.31. The predicted molar refractivity (Wildman–Crippen MR) is 110 cm³/mol. The van der Waals surface area contributed by atoms with Gasteiger partial charge in [0, 0.05) is 23.4 Å². The minimum absolute atomic E-state index is 0.000372. The molecule has 0 saturated heterocycles. The molecule has 8 heteroatoms. The van der Waals surface area contributed by atoms with Crippen LogP contribution in [0.5, 0.6) is 5.75 Å². The summed E-state index contributed by atoms with van der Waals surface area (Å²) in [5, 5.41) is 12.2. The Morgan fingerprint density at radius 3 is 2.81 bits per heavy atom. The maximum Gasteiger partial charge on any atom is 0.222 e. The van der Waals surface area contributed by atoms with E-state index in [1.807, 2.05) is 60.2 Å². The molecule has 2 heterocycles. The fourth-order valence-electron chi connectivity index (χ4n) is 2.75. The zero-order valence-electron chi connectivity index (χ0n) is 15.3.